The van der Waals surface area contributed by atoms with Gasteiger partial charge in [0.05, 0.1) is 6.61 Å². The third-order valence-corrected chi connectivity index (χ3v) is 6.65. The van der Waals surface area contributed by atoms with Gasteiger partial charge in [0.15, 0.2) is 5.11 Å². The minimum absolute atomic E-state index is 0.173. The molecule has 28 heavy (non-hydrogen) atoms. The number of anilines is 1. The van der Waals surface area contributed by atoms with Gasteiger partial charge in [-0.15, -0.1) is 0 Å². The summed E-state index contributed by atoms with van der Waals surface area (Å²) >= 11 is 5.35. The Kier molecular flexibility index (Phi) is 6.88. The molecule has 0 bridgehead atoms. The van der Waals surface area contributed by atoms with E-state index in [2.05, 4.69) is 10.6 Å². The van der Waals surface area contributed by atoms with Crippen LogP contribution >= 0.6 is 12.2 Å². The van der Waals surface area contributed by atoms with Crippen LogP contribution in [0.25, 0.3) is 0 Å². The number of nitrogens with zero attached hydrogens (tertiary/aromatic N) is 1. The quantitative estimate of drug-likeness (QED) is 0.671. The summed E-state index contributed by atoms with van der Waals surface area (Å²) in [6.45, 7) is 3.90. The van der Waals surface area contributed by atoms with Crippen molar-refractivity contribution in [1.29, 1.82) is 0 Å². The van der Waals surface area contributed by atoms with E-state index in [-0.39, 0.29) is 4.90 Å². The van der Waals surface area contributed by atoms with E-state index in [1.54, 1.807) is 18.2 Å². The topological polar surface area (TPSA) is 70.7 Å². The Morgan fingerprint density at radius 3 is 2.54 bits per heavy atom. The molecule has 0 amide bonds. The number of sulfonamides is 1. The van der Waals surface area contributed by atoms with Crippen LogP contribution in [0, 0.1) is 0 Å². The zero-order valence-corrected chi connectivity index (χ0v) is 17.5. The lowest BCUT2D eigenvalue weighted by Gasteiger charge is -2.19. The number of hydrogen-bond donors (Lipinski definition) is 2. The number of nitrogens with one attached hydrogen (secondary N) is 2. The second-order valence-corrected chi connectivity index (χ2v) is 8.81. The SMILES string of the molecule is CCOc1ccc(NC(=S)NCc2ccccc2)cc1S(=O)(=O)N1CCCC1. The number of hydrogen-bond acceptors (Lipinski definition) is 4. The summed E-state index contributed by atoms with van der Waals surface area (Å²) in [6.07, 6.45) is 1.77. The van der Waals surface area contributed by atoms with Gasteiger partial charge in [-0.1, -0.05) is 30.3 Å². The lowest BCUT2D eigenvalue weighted by atomic mass is 10.2. The Morgan fingerprint density at radius 2 is 1.86 bits per heavy atom. The summed E-state index contributed by atoms with van der Waals surface area (Å²) in [7, 11) is -3.60. The zero-order chi connectivity index (χ0) is 20.0. The van der Waals surface area contributed by atoms with Crippen LogP contribution in [0.15, 0.2) is 53.4 Å². The predicted octanol–water partition coefficient (Wildman–Crippen LogP) is 3.36. The van der Waals surface area contributed by atoms with E-state index < -0.39 is 10.0 Å². The lowest BCUT2D eigenvalue weighted by Crippen LogP contribution is -2.29. The maximum Gasteiger partial charge on any atom is 0.246 e. The first-order valence-corrected chi connectivity index (χ1v) is 11.2. The molecule has 1 heterocycles. The van der Waals surface area contributed by atoms with Gasteiger partial charge in [-0.2, -0.15) is 4.31 Å². The fourth-order valence-electron chi connectivity index (χ4n) is 3.08. The van der Waals surface area contributed by atoms with Crippen LogP contribution in [-0.2, 0) is 16.6 Å². The van der Waals surface area contributed by atoms with Crippen molar-refractivity contribution in [2.75, 3.05) is 25.0 Å². The van der Waals surface area contributed by atoms with Crippen molar-refractivity contribution in [3.05, 3.63) is 54.1 Å². The molecule has 1 aliphatic heterocycles. The molecule has 0 aliphatic carbocycles. The van der Waals surface area contributed by atoms with Gasteiger partial charge < -0.3 is 15.4 Å². The van der Waals surface area contributed by atoms with Crippen LogP contribution in [-0.4, -0.2) is 37.5 Å². The fourth-order valence-corrected chi connectivity index (χ4v) is 4.95. The second kappa shape index (κ2) is 9.36. The van der Waals surface area contributed by atoms with Gasteiger partial charge in [0.1, 0.15) is 10.6 Å². The third-order valence-electron chi connectivity index (χ3n) is 4.48. The van der Waals surface area contributed by atoms with Gasteiger partial charge >= 0.3 is 0 Å². The van der Waals surface area contributed by atoms with Crippen LogP contribution < -0.4 is 15.4 Å². The Bertz CT molecular complexity index is 912. The standard InChI is InChI=1S/C20H25N3O3S2/c1-2-26-18-11-10-17(14-19(18)28(24,25)23-12-6-7-13-23)22-20(27)21-15-16-8-4-3-5-9-16/h3-5,8-11,14H,2,6-7,12-13,15H2,1H3,(H2,21,22,27). The molecule has 0 saturated carbocycles. The van der Waals surface area contributed by atoms with Crippen molar-refractivity contribution in [3.8, 4) is 5.75 Å². The number of ether oxygens (including phenoxy) is 1. The highest BCUT2D eigenvalue weighted by atomic mass is 32.2. The largest absolute Gasteiger partial charge is 0.492 e. The molecule has 0 spiro atoms. The van der Waals surface area contributed by atoms with E-state index in [0.717, 1.165) is 18.4 Å². The van der Waals surface area contributed by atoms with Gasteiger partial charge in [0, 0.05) is 25.3 Å². The van der Waals surface area contributed by atoms with Crippen molar-refractivity contribution in [1.82, 2.24) is 9.62 Å². The highest BCUT2D eigenvalue weighted by molar-refractivity contribution is 7.89. The average Bonchev–Trinajstić information content (AvgIpc) is 3.24. The van der Waals surface area contributed by atoms with E-state index in [9.17, 15) is 8.42 Å². The first-order chi connectivity index (χ1) is 13.5. The fraction of sp³-hybridized carbons (Fsp3) is 0.350. The summed E-state index contributed by atoms with van der Waals surface area (Å²) in [4.78, 5) is 0.173. The smallest absolute Gasteiger partial charge is 0.246 e. The van der Waals surface area contributed by atoms with Gasteiger partial charge in [-0.05, 0) is 55.7 Å². The lowest BCUT2D eigenvalue weighted by molar-refractivity contribution is 0.330. The van der Waals surface area contributed by atoms with Crippen molar-refractivity contribution in [2.45, 2.75) is 31.2 Å². The first kappa shape index (κ1) is 20.6. The minimum Gasteiger partial charge on any atom is -0.492 e. The molecule has 1 fully saturated rings. The Hall–Kier alpha value is -2.16. The molecule has 0 unspecified atom stereocenters. The molecule has 2 N–H and O–H groups in total. The molecule has 0 atom stereocenters. The van der Waals surface area contributed by atoms with E-state index in [4.69, 9.17) is 17.0 Å². The van der Waals surface area contributed by atoms with Crippen LogP contribution in [0.5, 0.6) is 5.75 Å². The molecule has 2 aromatic carbocycles. The molecule has 6 nitrogen and oxygen atoms in total. The molecule has 8 heteroatoms. The Balaban J connectivity index is 1.75. The van der Waals surface area contributed by atoms with Gasteiger partial charge in [-0.25, -0.2) is 8.42 Å². The number of rotatable bonds is 7. The molecule has 150 valence electrons. The van der Waals surface area contributed by atoms with E-state index in [0.29, 0.717) is 42.8 Å². The summed E-state index contributed by atoms with van der Waals surface area (Å²) < 4.78 is 33.2. The zero-order valence-electron chi connectivity index (χ0n) is 15.8. The summed E-state index contributed by atoms with van der Waals surface area (Å²) in [6, 6.07) is 14.9. The van der Waals surface area contributed by atoms with Crippen molar-refractivity contribution < 1.29 is 13.2 Å². The minimum atomic E-state index is -3.60. The van der Waals surface area contributed by atoms with Gasteiger partial charge in [0.2, 0.25) is 10.0 Å². The van der Waals surface area contributed by atoms with E-state index in [1.165, 1.54) is 4.31 Å². The summed E-state index contributed by atoms with van der Waals surface area (Å²) in [5.41, 5.74) is 1.71. The van der Waals surface area contributed by atoms with Gasteiger partial charge in [0.25, 0.3) is 0 Å². The molecular weight excluding hydrogens is 394 g/mol. The predicted molar refractivity (Wildman–Crippen MR) is 115 cm³/mol. The molecule has 1 saturated heterocycles. The summed E-state index contributed by atoms with van der Waals surface area (Å²) in [5.74, 6) is 0.364. The molecule has 1 aliphatic rings. The maximum atomic E-state index is 13.0. The average molecular weight is 420 g/mol. The summed E-state index contributed by atoms with van der Waals surface area (Å²) in [5, 5.41) is 6.62. The van der Waals surface area contributed by atoms with E-state index >= 15 is 0 Å². The maximum absolute atomic E-state index is 13.0. The molecule has 3 rings (SSSR count). The van der Waals surface area contributed by atoms with Gasteiger partial charge in [-0.3, -0.25) is 0 Å². The molecular formula is C20H25N3O3S2. The van der Waals surface area contributed by atoms with Crippen molar-refractivity contribution in [3.63, 3.8) is 0 Å². The molecule has 0 radical (unpaired) electrons. The molecule has 0 aromatic heterocycles. The third kappa shape index (κ3) is 5.01. The number of thiocarbonyl (C=S) groups is 1. The highest BCUT2D eigenvalue weighted by Gasteiger charge is 2.30. The van der Waals surface area contributed by atoms with Crippen LogP contribution in [0.3, 0.4) is 0 Å². The second-order valence-electron chi connectivity index (χ2n) is 6.50. The highest BCUT2D eigenvalue weighted by Crippen LogP contribution is 2.31. The molecule has 2 aromatic rings. The van der Waals surface area contributed by atoms with Crippen molar-refractivity contribution in [2.24, 2.45) is 0 Å². The monoisotopic (exact) mass is 419 g/mol. The van der Waals surface area contributed by atoms with Crippen LogP contribution in [0.1, 0.15) is 25.3 Å². The van der Waals surface area contributed by atoms with E-state index in [1.807, 2.05) is 37.3 Å². The van der Waals surface area contributed by atoms with Crippen LogP contribution in [0.2, 0.25) is 0 Å². The Morgan fingerprint density at radius 1 is 1.14 bits per heavy atom. The first-order valence-electron chi connectivity index (χ1n) is 9.36. The van der Waals surface area contributed by atoms with Crippen LogP contribution in [0.4, 0.5) is 5.69 Å². The van der Waals surface area contributed by atoms with Crippen molar-refractivity contribution >= 4 is 33.0 Å². The number of benzene rings is 2. The Labute approximate surface area is 171 Å². The normalized spacial score (nSPS) is 14.6.